The normalized spacial score (nSPS) is 19.9. The molecule has 2 atom stereocenters. The van der Waals surface area contributed by atoms with Crippen LogP contribution in [-0.2, 0) is 16.1 Å². The molecule has 1 aromatic carbocycles. The maximum absolute atomic E-state index is 13.3. The van der Waals surface area contributed by atoms with Gasteiger partial charge in [-0.3, -0.25) is 9.69 Å². The molecule has 0 saturated carbocycles. The van der Waals surface area contributed by atoms with Crippen molar-refractivity contribution in [1.29, 1.82) is 0 Å². The minimum Gasteiger partial charge on any atom is -0.480 e. The summed E-state index contributed by atoms with van der Waals surface area (Å²) in [5.41, 5.74) is 0.877. The largest absolute Gasteiger partial charge is 0.480 e. The molecule has 1 heterocycles. The van der Waals surface area contributed by atoms with Gasteiger partial charge in [-0.2, -0.15) is 0 Å². The van der Waals surface area contributed by atoms with Crippen molar-refractivity contribution in [2.45, 2.75) is 39.3 Å². The number of carbonyl (C=O) groups excluding carboxylic acids is 1. The van der Waals surface area contributed by atoms with Gasteiger partial charge in [0.15, 0.2) is 0 Å². The van der Waals surface area contributed by atoms with Gasteiger partial charge in [-0.25, -0.2) is 9.18 Å². The fourth-order valence-electron chi connectivity index (χ4n) is 3.09. The van der Waals surface area contributed by atoms with Crippen molar-refractivity contribution in [1.82, 2.24) is 10.2 Å². The fourth-order valence-corrected chi connectivity index (χ4v) is 3.09. The summed E-state index contributed by atoms with van der Waals surface area (Å²) in [6, 6.07) is 5.60. The van der Waals surface area contributed by atoms with Crippen LogP contribution in [0.5, 0.6) is 0 Å². The maximum atomic E-state index is 13.3. The van der Waals surface area contributed by atoms with Gasteiger partial charge in [-0.05, 0) is 43.0 Å². The van der Waals surface area contributed by atoms with Crippen LogP contribution in [0.1, 0.15) is 32.3 Å². The first kappa shape index (κ1) is 18.4. The number of hydrogen-bond donors (Lipinski definition) is 2. The third-order valence-corrected chi connectivity index (χ3v) is 4.40. The van der Waals surface area contributed by atoms with E-state index in [9.17, 15) is 19.1 Å². The van der Waals surface area contributed by atoms with Crippen molar-refractivity contribution in [2.24, 2.45) is 11.8 Å². The number of piperidine rings is 1. The number of likely N-dealkylation sites (tertiary alicyclic amines) is 1. The predicted molar refractivity (Wildman–Crippen MR) is 88.8 cm³/mol. The first-order valence-electron chi connectivity index (χ1n) is 8.36. The van der Waals surface area contributed by atoms with Gasteiger partial charge in [-0.15, -0.1) is 0 Å². The van der Waals surface area contributed by atoms with Crippen LogP contribution in [0.25, 0.3) is 0 Å². The minimum atomic E-state index is -1.01. The fraction of sp³-hybridized carbons (Fsp3) is 0.556. The highest BCUT2D eigenvalue weighted by Crippen LogP contribution is 2.19. The molecular formula is C18H25FN2O3. The predicted octanol–water partition coefficient (Wildman–Crippen LogP) is 2.26. The molecule has 5 nitrogen and oxygen atoms in total. The molecule has 1 fully saturated rings. The number of halogens is 1. The van der Waals surface area contributed by atoms with Gasteiger partial charge >= 0.3 is 5.97 Å². The van der Waals surface area contributed by atoms with E-state index in [-0.39, 0.29) is 23.6 Å². The van der Waals surface area contributed by atoms with Crippen LogP contribution in [0, 0.1) is 17.7 Å². The quantitative estimate of drug-likeness (QED) is 0.836. The maximum Gasteiger partial charge on any atom is 0.326 e. The molecule has 2 N–H and O–H groups in total. The lowest BCUT2D eigenvalue weighted by atomic mass is 9.95. The lowest BCUT2D eigenvalue weighted by Crippen LogP contribution is -2.49. The van der Waals surface area contributed by atoms with Gasteiger partial charge < -0.3 is 10.4 Å². The summed E-state index contributed by atoms with van der Waals surface area (Å²) in [4.78, 5) is 25.8. The molecule has 1 saturated heterocycles. The number of nitrogens with zero attached hydrogens (tertiary/aromatic N) is 1. The molecule has 1 amide bonds. The van der Waals surface area contributed by atoms with Crippen LogP contribution >= 0.6 is 0 Å². The Hall–Kier alpha value is -1.95. The Bertz CT molecular complexity index is 591. The smallest absolute Gasteiger partial charge is 0.326 e. The second-order valence-corrected chi connectivity index (χ2v) is 6.77. The van der Waals surface area contributed by atoms with Crippen LogP contribution in [0.3, 0.4) is 0 Å². The van der Waals surface area contributed by atoms with Crippen molar-refractivity contribution >= 4 is 11.9 Å². The van der Waals surface area contributed by atoms with E-state index in [4.69, 9.17) is 0 Å². The molecular weight excluding hydrogens is 311 g/mol. The SMILES string of the molecule is CC(C)[C@@H](NC(=O)C1CCCN(Cc2cccc(F)c2)C1)C(=O)O. The third kappa shape index (κ3) is 5.03. The van der Waals surface area contributed by atoms with Crippen LogP contribution in [0.4, 0.5) is 4.39 Å². The molecule has 1 aromatic rings. The summed E-state index contributed by atoms with van der Waals surface area (Å²) < 4.78 is 13.3. The van der Waals surface area contributed by atoms with E-state index in [0.717, 1.165) is 24.9 Å². The summed E-state index contributed by atoms with van der Waals surface area (Å²) in [5, 5.41) is 11.9. The van der Waals surface area contributed by atoms with Gasteiger partial charge in [0.05, 0.1) is 5.92 Å². The average molecular weight is 336 g/mol. The second-order valence-electron chi connectivity index (χ2n) is 6.77. The van der Waals surface area contributed by atoms with E-state index in [1.807, 2.05) is 6.07 Å². The number of amides is 1. The average Bonchev–Trinajstić information content (AvgIpc) is 2.52. The van der Waals surface area contributed by atoms with Gasteiger partial charge in [0.1, 0.15) is 11.9 Å². The van der Waals surface area contributed by atoms with Crippen molar-refractivity contribution in [3.63, 3.8) is 0 Å². The molecule has 1 aliphatic rings. The molecule has 0 aliphatic carbocycles. The number of rotatable bonds is 6. The molecule has 132 valence electrons. The topological polar surface area (TPSA) is 69.6 Å². The highest BCUT2D eigenvalue weighted by atomic mass is 19.1. The number of aliphatic carboxylic acids is 1. The number of carbonyl (C=O) groups is 2. The van der Waals surface area contributed by atoms with Gasteiger partial charge in [0.25, 0.3) is 0 Å². The Kier molecular flexibility index (Phi) is 6.31. The molecule has 1 unspecified atom stereocenters. The van der Waals surface area contributed by atoms with Gasteiger partial charge in [0.2, 0.25) is 5.91 Å². The number of nitrogens with one attached hydrogen (secondary N) is 1. The van der Waals surface area contributed by atoms with E-state index in [2.05, 4.69) is 10.2 Å². The number of hydrogen-bond acceptors (Lipinski definition) is 3. The molecule has 0 bridgehead atoms. The lowest BCUT2D eigenvalue weighted by molar-refractivity contribution is -0.144. The standard InChI is InChI=1S/C18H25FN2O3/c1-12(2)16(18(23)24)20-17(22)14-6-4-8-21(11-14)10-13-5-3-7-15(19)9-13/h3,5,7,9,12,14,16H,4,6,8,10-11H2,1-2H3,(H,20,22)(H,23,24)/t14?,16-/m1/s1. The Morgan fingerprint density at radius 1 is 1.42 bits per heavy atom. The lowest BCUT2D eigenvalue weighted by Gasteiger charge is -2.33. The number of carboxylic acid groups (broad SMARTS) is 1. The molecule has 6 heteroatoms. The Balaban J connectivity index is 1.94. The summed E-state index contributed by atoms with van der Waals surface area (Å²) in [6.45, 7) is 5.56. The number of carboxylic acids is 1. The van der Waals surface area contributed by atoms with E-state index in [1.54, 1.807) is 19.9 Å². The van der Waals surface area contributed by atoms with Gasteiger partial charge in [-0.1, -0.05) is 26.0 Å². The van der Waals surface area contributed by atoms with Crippen molar-refractivity contribution in [3.05, 3.63) is 35.6 Å². The molecule has 0 radical (unpaired) electrons. The third-order valence-electron chi connectivity index (χ3n) is 4.40. The molecule has 24 heavy (non-hydrogen) atoms. The summed E-state index contributed by atoms with van der Waals surface area (Å²) in [7, 11) is 0. The van der Waals surface area contributed by atoms with Crippen molar-refractivity contribution in [2.75, 3.05) is 13.1 Å². The van der Waals surface area contributed by atoms with E-state index in [1.165, 1.54) is 12.1 Å². The first-order chi connectivity index (χ1) is 11.4. The van der Waals surface area contributed by atoms with Gasteiger partial charge in [0, 0.05) is 13.1 Å². The Morgan fingerprint density at radius 2 is 2.17 bits per heavy atom. The summed E-state index contributed by atoms with van der Waals surface area (Å²) in [6.07, 6.45) is 1.61. The van der Waals surface area contributed by atoms with Crippen molar-refractivity contribution in [3.8, 4) is 0 Å². The van der Waals surface area contributed by atoms with E-state index in [0.29, 0.717) is 13.1 Å². The van der Waals surface area contributed by atoms with Crippen LogP contribution in [-0.4, -0.2) is 41.0 Å². The van der Waals surface area contributed by atoms with E-state index < -0.39 is 12.0 Å². The van der Waals surface area contributed by atoms with E-state index >= 15 is 0 Å². The van der Waals surface area contributed by atoms with Crippen LogP contribution in [0.15, 0.2) is 24.3 Å². The molecule has 0 spiro atoms. The zero-order chi connectivity index (χ0) is 17.7. The van der Waals surface area contributed by atoms with Crippen LogP contribution < -0.4 is 5.32 Å². The zero-order valence-electron chi connectivity index (χ0n) is 14.2. The highest BCUT2D eigenvalue weighted by molar-refractivity contribution is 5.85. The van der Waals surface area contributed by atoms with Crippen LogP contribution in [0.2, 0.25) is 0 Å². The number of benzene rings is 1. The monoisotopic (exact) mass is 336 g/mol. The Labute approximate surface area is 141 Å². The zero-order valence-corrected chi connectivity index (χ0v) is 14.2. The summed E-state index contributed by atoms with van der Waals surface area (Å²) in [5.74, 6) is -1.88. The van der Waals surface area contributed by atoms with Crippen molar-refractivity contribution < 1.29 is 19.1 Å². The molecule has 1 aliphatic heterocycles. The second kappa shape index (κ2) is 8.24. The minimum absolute atomic E-state index is 0.168. The summed E-state index contributed by atoms with van der Waals surface area (Å²) >= 11 is 0. The molecule has 0 aromatic heterocycles. The highest BCUT2D eigenvalue weighted by Gasteiger charge is 2.30. The first-order valence-corrected chi connectivity index (χ1v) is 8.36. The Morgan fingerprint density at radius 3 is 2.79 bits per heavy atom. The molecule has 2 rings (SSSR count).